The van der Waals surface area contributed by atoms with Crippen molar-refractivity contribution < 1.29 is 9.63 Å². The molecule has 16 heavy (non-hydrogen) atoms. The molecule has 0 amide bonds. The summed E-state index contributed by atoms with van der Waals surface area (Å²) in [6.07, 6.45) is 1.95. The van der Waals surface area contributed by atoms with Crippen LogP contribution >= 0.6 is 0 Å². The van der Waals surface area contributed by atoms with Gasteiger partial charge in [-0.2, -0.15) is 0 Å². The maximum Gasteiger partial charge on any atom is 0.150 e. The van der Waals surface area contributed by atoms with E-state index in [0.29, 0.717) is 6.54 Å². The summed E-state index contributed by atoms with van der Waals surface area (Å²) in [5, 5.41) is 16.5. The minimum absolute atomic E-state index is 0.00489. The molecule has 0 saturated heterocycles. The number of rotatable bonds is 7. The summed E-state index contributed by atoms with van der Waals surface area (Å²) in [6.45, 7) is 7.82. The molecule has 0 aromatic carbocycles. The summed E-state index contributed by atoms with van der Waals surface area (Å²) in [5.41, 5.74) is 0.894. The molecule has 0 spiro atoms. The van der Waals surface area contributed by atoms with Crippen LogP contribution < -0.4 is 5.32 Å². The molecule has 1 heterocycles. The zero-order chi connectivity index (χ0) is 12.0. The van der Waals surface area contributed by atoms with Gasteiger partial charge in [-0.05, 0) is 19.8 Å². The molecule has 0 aliphatic carbocycles. The Hall–Kier alpha value is -0.870. The average Bonchev–Trinajstić information content (AvgIpc) is 2.71. The van der Waals surface area contributed by atoms with Gasteiger partial charge in [-0.25, -0.2) is 0 Å². The van der Waals surface area contributed by atoms with Crippen molar-refractivity contribution in [3.63, 3.8) is 0 Å². The smallest absolute Gasteiger partial charge is 0.150 e. The first kappa shape index (κ1) is 13.2. The van der Waals surface area contributed by atoms with E-state index in [2.05, 4.69) is 24.3 Å². The summed E-state index contributed by atoms with van der Waals surface area (Å²) >= 11 is 0. The highest BCUT2D eigenvalue weighted by atomic mass is 16.5. The van der Waals surface area contributed by atoms with E-state index in [1.165, 1.54) is 0 Å². The van der Waals surface area contributed by atoms with Crippen LogP contribution in [0.2, 0.25) is 0 Å². The van der Waals surface area contributed by atoms with Crippen molar-refractivity contribution in [2.75, 3.05) is 13.2 Å². The third-order valence-corrected chi connectivity index (χ3v) is 3.31. The zero-order valence-electron chi connectivity index (χ0n) is 10.4. The highest BCUT2D eigenvalue weighted by Crippen LogP contribution is 2.24. The molecule has 4 heteroatoms. The number of aliphatic hydroxyl groups is 1. The maximum absolute atomic E-state index is 9.40. The second-order valence-corrected chi connectivity index (χ2v) is 4.40. The second kappa shape index (κ2) is 6.01. The molecule has 1 rings (SSSR count). The lowest BCUT2D eigenvalue weighted by Crippen LogP contribution is -2.36. The first-order chi connectivity index (χ1) is 7.65. The van der Waals surface area contributed by atoms with E-state index < -0.39 is 0 Å². The topological polar surface area (TPSA) is 58.3 Å². The van der Waals surface area contributed by atoms with E-state index in [4.69, 9.17) is 4.52 Å². The molecule has 0 unspecified atom stereocenters. The summed E-state index contributed by atoms with van der Waals surface area (Å²) in [5.74, 6) is 0.844. The number of hydrogen-bond acceptors (Lipinski definition) is 4. The quantitative estimate of drug-likeness (QED) is 0.745. The Morgan fingerprint density at radius 3 is 2.56 bits per heavy atom. The lowest BCUT2D eigenvalue weighted by Gasteiger charge is -2.29. The van der Waals surface area contributed by atoms with Crippen LogP contribution in [-0.4, -0.2) is 23.4 Å². The van der Waals surface area contributed by atoms with Crippen LogP contribution in [-0.2, 0) is 6.54 Å². The number of aromatic nitrogens is 1. The van der Waals surface area contributed by atoms with Gasteiger partial charge in [0.1, 0.15) is 0 Å². The van der Waals surface area contributed by atoms with Gasteiger partial charge in [0.05, 0.1) is 12.2 Å². The molecule has 0 aliphatic heterocycles. The average molecular weight is 226 g/mol. The molecule has 0 bridgehead atoms. The van der Waals surface area contributed by atoms with Crippen molar-refractivity contribution in [2.45, 2.75) is 40.2 Å². The van der Waals surface area contributed by atoms with Crippen LogP contribution in [0.15, 0.2) is 10.6 Å². The molecule has 92 valence electrons. The highest BCUT2D eigenvalue weighted by molar-refractivity contribution is 5.02. The van der Waals surface area contributed by atoms with Crippen LogP contribution in [0.5, 0.6) is 0 Å². The van der Waals surface area contributed by atoms with Gasteiger partial charge in [-0.1, -0.05) is 19.0 Å². The lowest BCUT2D eigenvalue weighted by atomic mass is 9.83. The minimum Gasteiger partial charge on any atom is -0.396 e. The van der Waals surface area contributed by atoms with Crippen LogP contribution in [0.3, 0.4) is 0 Å². The Morgan fingerprint density at radius 1 is 1.44 bits per heavy atom. The third kappa shape index (κ3) is 3.32. The van der Waals surface area contributed by atoms with E-state index in [1.54, 1.807) is 0 Å². The number of hydrogen-bond donors (Lipinski definition) is 2. The second-order valence-electron chi connectivity index (χ2n) is 4.40. The van der Waals surface area contributed by atoms with Crippen molar-refractivity contribution in [2.24, 2.45) is 5.41 Å². The van der Waals surface area contributed by atoms with Gasteiger partial charge in [0, 0.05) is 24.6 Å². The number of nitrogens with one attached hydrogen (secondary N) is 1. The van der Waals surface area contributed by atoms with Crippen molar-refractivity contribution in [3.8, 4) is 0 Å². The molecule has 0 fully saturated rings. The van der Waals surface area contributed by atoms with E-state index in [1.807, 2.05) is 13.0 Å². The minimum atomic E-state index is -0.00489. The van der Waals surface area contributed by atoms with Gasteiger partial charge in [0.25, 0.3) is 0 Å². The fraction of sp³-hybridized carbons (Fsp3) is 0.750. The van der Waals surface area contributed by atoms with Crippen molar-refractivity contribution in [3.05, 3.63) is 17.5 Å². The largest absolute Gasteiger partial charge is 0.396 e. The SMILES string of the molecule is CCC(CC)(CO)CNCc1cc(C)no1. The molecular weight excluding hydrogens is 204 g/mol. The van der Waals surface area contributed by atoms with Crippen molar-refractivity contribution >= 4 is 0 Å². The number of aliphatic hydroxyl groups excluding tert-OH is 1. The predicted molar refractivity (Wildman–Crippen MR) is 63.0 cm³/mol. The van der Waals surface area contributed by atoms with Crippen molar-refractivity contribution in [1.29, 1.82) is 0 Å². The van der Waals surface area contributed by atoms with E-state index in [0.717, 1.165) is 30.8 Å². The van der Waals surface area contributed by atoms with Gasteiger partial charge in [0.15, 0.2) is 5.76 Å². The summed E-state index contributed by atoms with van der Waals surface area (Å²) in [4.78, 5) is 0. The molecule has 0 atom stereocenters. The fourth-order valence-electron chi connectivity index (χ4n) is 1.73. The monoisotopic (exact) mass is 226 g/mol. The first-order valence-corrected chi connectivity index (χ1v) is 5.89. The normalized spacial score (nSPS) is 12.0. The predicted octanol–water partition coefficient (Wildman–Crippen LogP) is 1.87. The Bertz CT molecular complexity index is 297. The standard InChI is InChI=1S/C12H22N2O2/c1-4-12(5-2,9-15)8-13-7-11-6-10(3)14-16-11/h6,13,15H,4-5,7-9H2,1-3H3. The zero-order valence-corrected chi connectivity index (χ0v) is 10.4. The molecule has 2 N–H and O–H groups in total. The first-order valence-electron chi connectivity index (χ1n) is 5.89. The molecule has 1 aromatic rings. The van der Waals surface area contributed by atoms with E-state index in [9.17, 15) is 5.11 Å². The number of nitrogens with zero attached hydrogens (tertiary/aromatic N) is 1. The lowest BCUT2D eigenvalue weighted by molar-refractivity contribution is 0.112. The van der Waals surface area contributed by atoms with Crippen LogP contribution in [0.4, 0.5) is 0 Å². The van der Waals surface area contributed by atoms with Crippen LogP contribution in [0, 0.1) is 12.3 Å². The molecule has 0 saturated carbocycles. The van der Waals surface area contributed by atoms with Crippen molar-refractivity contribution in [1.82, 2.24) is 10.5 Å². The summed E-state index contributed by atoms with van der Waals surface area (Å²) < 4.78 is 5.10. The van der Waals surface area contributed by atoms with Crippen LogP contribution in [0.25, 0.3) is 0 Å². The molecule has 0 aliphatic rings. The maximum atomic E-state index is 9.40. The van der Waals surface area contributed by atoms with Crippen LogP contribution in [0.1, 0.15) is 38.1 Å². The van der Waals surface area contributed by atoms with Gasteiger partial charge in [-0.3, -0.25) is 0 Å². The third-order valence-electron chi connectivity index (χ3n) is 3.31. The highest BCUT2D eigenvalue weighted by Gasteiger charge is 2.24. The Morgan fingerprint density at radius 2 is 2.12 bits per heavy atom. The van der Waals surface area contributed by atoms with E-state index in [-0.39, 0.29) is 12.0 Å². The molecule has 1 aromatic heterocycles. The van der Waals surface area contributed by atoms with Gasteiger partial charge in [0.2, 0.25) is 0 Å². The van der Waals surface area contributed by atoms with Gasteiger partial charge >= 0.3 is 0 Å². The Labute approximate surface area is 97.0 Å². The van der Waals surface area contributed by atoms with E-state index >= 15 is 0 Å². The molecule has 0 radical (unpaired) electrons. The summed E-state index contributed by atoms with van der Waals surface area (Å²) in [7, 11) is 0. The number of aryl methyl sites for hydroxylation is 1. The summed E-state index contributed by atoms with van der Waals surface area (Å²) in [6, 6.07) is 1.92. The molecule has 4 nitrogen and oxygen atoms in total. The molecular formula is C12H22N2O2. The Balaban J connectivity index is 2.39. The fourth-order valence-corrected chi connectivity index (χ4v) is 1.73. The van der Waals surface area contributed by atoms with Gasteiger partial charge < -0.3 is 14.9 Å². The van der Waals surface area contributed by atoms with Gasteiger partial charge in [-0.15, -0.1) is 0 Å². The Kier molecular flexibility index (Phi) is 4.96.